The average Bonchev–Trinajstić information content (AvgIpc) is 3.25. The van der Waals surface area contributed by atoms with Gasteiger partial charge >= 0.3 is 10.2 Å². The van der Waals surface area contributed by atoms with Crippen LogP contribution in [0.4, 0.5) is 5.69 Å². The number of nitrogens with one attached hydrogen (secondary N) is 1. The van der Waals surface area contributed by atoms with Crippen LogP contribution in [0, 0.1) is 12.8 Å². The normalized spacial score (nSPS) is 19.1. The quantitative estimate of drug-likeness (QED) is 0.536. The van der Waals surface area contributed by atoms with Crippen molar-refractivity contribution in [2.24, 2.45) is 16.0 Å². The van der Waals surface area contributed by atoms with Crippen LogP contribution in [0.25, 0.3) is 11.0 Å². The largest absolute Gasteiger partial charge is 0.492 e. The molecule has 36 heavy (non-hydrogen) atoms. The van der Waals surface area contributed by atoms with Crippen LogP contribution in [0.5, 0.6) is 5.75 Å². The number of carbonyl (C=O) groups is 1. The molecule has 0 bridgehead atoms. The van der Waals surface area contributed by atoms with Crippen molar-refractivity contribution in [3.63, 3.8) is 0 Å². The van der Waals surface area contributed by atoms with E-state index in [0.29, 0.717) is 47.9 Å². The Morgan fingerprint density at radius 1 is 1.33 bits per heavy atom. The summed E-state index contributed by atoms with van der Waals surface area (Å²) in [4.78, 5) is 20.1. The summed E-state index contributed by atoms with van der Waals surface area (Å²) in [5.41, 5.74) is 8.78. The molecule has 0 saturated carbocycles. The average molecular weight is 512 g/mol. The van der Waals surface area contributed by atoms with Gasteiger partial charge in [0.05, 0.1) is 35.0 Å². The van der Waals surface area contributed by atoms with Gasteiger partial charge < -0.3 is 15.4 Å². The first-order chi connectivity index (χ1) is 17.1. The van der Waals surface area contributed by atoms with Crippen molar-refractivity contribution < 1.29 is 17.9 Å². The second-order valence-corrected chi connectivity index (χ2v) is 10.9. The van der Waals surface area contributed by atoms with E-state index in [-0.39, 0.29) is 23.7 Å². The van der Waals surface area contributed by atoms with Crippen molar-refractivity contribution >= 4 is 38.7 Å². The van der Waals surface area contributed by atoms with E-state index in [0.717, 1.165) is 23.9 Å². The monoisotopic (exact) mass is 511 g/mol. The van der Waals surface area contributed by atoms with Gasteiger partial charge in [0.25, 0.3) is 5.91 Å². The number of hydrogen-bond acceptors (Lipinski definition) is 7. The molecule has 3 aromatic rings. The molecule has 5 rings (SSSR count). The molecule has 0 spiro atoms. The Balaban J connectivity index is 1.33. The number of ether oxygens (including phenoxy) is 1. The van der Waals surface area contributed by atoms with Crippen LogP contribution in [-0.4, -0.2) is 59.5 Å². The van der Waals surface area contributed by atoms with E-state index >= 15 is 0 Å². The minimum atomic E-state index is -3.86. The molecule has 1 saturated heterocycles. The highest BCUT2D eigenvalue weighted by atomic mass is 32.2. The van der Waals surface area contributed by atoms with Gasteiger partial charge in [-0.2, -0.15) is 13.5 Å². The minimum Gasteiger partial charge on any atom is -0.492 e. The Bertz CT molecular complexity index is 1480. The number of carbonyl (C=O) groups excluding carboxylic acids is 1. The molecule has 2 aliphatic heterocycles. The van der Waals surface area contributed by atoms with E-state index in [2.05, 4.69) is 19.2 Å². The third kappa shape index (κ3) is 4.48. The molecule has 0 radical (unpaired) electrons. The molecular formula is C24H29N7O4S. The van der Waals surface area contributed by atoms with Crippen LogP contribution >= 0.6 is 0 Å². The predicted octanol–water partition coefficient (Wildman–Crippen LogP) is 2.63. The lowest BCUT2D eigenvalue weighted by Gasteiger charge is -2.33. The van der Waals surface area contributed by atoms with E-state index in [1.807, 2.05) is 36.4 Å². The van der Waals surface area contributed by atoms with Gasteiger partial charge in [-0.15, -0.1) is 4.40 Å². The van der Waals surface area contributed by atoms with Crippen molar-refractivity contribution in [2.75, 3.05) is 24.4 Å². The number of amides is 1. The van der Waals surface area contributed by atoms with Crippen LogP contribution in [0.15, 0.2) is 34.9 Å². The van der Waals surface area contributed by atoms with Crippen LogP contribution in [0.2, 0.25) is 0 Å². The standard InChI is InChI=1S/C24H29N7O4S/c1-14(2)31-23-18(11-26-31)17(10-15(3)27-23)24(32)30-9-5-6-16(12-30)13-35-20-8-4-7-19-21(20)22(25)29-36(33,34)28-19/h4,7-8,10-11,14,16,28H,5-6,9,12-13H2,1-3H3,(H2,25,29). The maximum absolute atomic E-state index is 13.6. The number of benzene rings is 1. The van der Waals surface area contributed by atoms with Crippen molar-refractivity contribution in [1.29, 1.82) is 0 Å². The predicted molar refractivity (Wildman–Crippen MR) is 136 cm³/mol. The molecule has 1 aromatic carbocycles. The van der Waals surface area contributed by atoms with E-state index in [9.17, 15) is 13.2 Å². The molecule has 0 aliphatic carbocycles. The molecule has 190 valence electrons. The van der Waals surface area contributed by atoms with Gasteiger partial charge in [-0.1, -0.05) is 6.07 Å². The molecule has 1 fully saturated rings. The third-order valence-electron chi connectivity index (χ3n) is 6.43. The Hall–Kier alpha value is -3.67. The molecule has 1 amide bonds. The van der Waals surface area contributed by atoms with E-state index in [1.54, 1.807) is 24.4 Å². The highest BCUT2D eigenvalue weighted by Crippen LogP contribution is 2.31. The first-order valence-corrected chi connectivity index (χ1v) is 13.4. The van der Waals surface area contributed by atoms with Gasteiger partial charge in [0.1, 0.15) is 5.75 Å². The topological polar surface area (TPSA) is 145 Å². The van der Waals surface area contributed by atoms with Crippen molar-refractivity contribution in [3.8, 4) is 5.75 Å². The van der Waals surface area contributed by atoms with Crippen molar-refractivity contribution in [2.45, 2.75) is 39.7 Å². The number of rotatable bonds is 5. The molecule has 1 atom stereocenters. The summed E-state index contributed by atoms with van der Waals surface area (Å²) < 4.78 is 37.5. The zero-order chi connectivity index (χ0) is 25.6. The molecule has 3 N–H and O–H groups in total. The molecule has 11 nitrogen and oxygen atoms in total. The molecule has 1 unspecified atom stereocenters. The number of nitrogens with two attached hydrogens (primary N) is 1. The first-order valence-electron chi connectivity index (χ1n) is 11.9. The van der Waals surface area contributed by atoms with Crippen LogP contribution < -0.4 is 15.2 Å². The lowest BCUT2D eigenvalue weighted by Crippen LogP contribution is -2.41. The third-order valence-corrected chi connectivity index (χ3v) is 7.35. The van der Waals surface area contributed by atoms with Crippen LogP contribution in [-0.2, 0) is 10.2 Å². The van der Waals surface area contributed by atoms with Crippen LogP contribution in [0.3, 0.4) is 0 Å². The van der Waals surface area contributed by atoms with Gasteiger partial charge in [-0.05, 0) is 51.8 Å². The minimum absolute atomic E-state index is 0.0404. The van der Waals surface area contributed by atoms with Crippen molar-refractivity contribution in [1.82, 2.24) is 19.7 Å². The lowest BCUT2D eigenvalue weighted by molar-refractivity contribution is 0.0635. The summed E-state index contributed by atoms with van der Waals surface area (Å²) in [6, 6.07) is 7.00. The SMILES string of the molecule is Cc1cc(C(=O)N2CCCC(COc3cccc4c3C(N)=NS(=O)(=O)N4)C2)c2cnn(C(C)C)c2n1. The smallest absolute Gasteiger partial charge is 0.344 e. The van der Waals surface area contributed by atoms with Gasteiger partial charge in [0.15, 0.2) is 11.5 Å². The summed E-state index contributed by atoms with van der Waals surface area (Å²) in [7, 11) is -3.86. The van der Waals surface area contributed by atoms with Crippen molar-refractivity contribution in [3.05, 3.63) is 47.3 Å². The number of amidine groups is 1. The maximum Gasteiger partial charge on any atom is 0.344 e. The molecule has 4 heterocycles. The number of nitrogens with zero attached hydrogens (tertiary/aromatic N) is 5. The zero-order valence-electron chi connectivity index (χ0n) is 20.4. The molecule has 2 aliphatic rings. The number of piperidine rings is 1. The number of anilines is 1. The fourth-order valence-corrected chi connectivity index (χ4v) is 5.64. The summed E-state index contributed by atoms with van der Waals surface area (Å²) in [5.74, 6) is 0.404. The van der Waals surface area contributed by atoms with Crippen LogP contribution in [0.1, 0.15) is 54.3 Å². The number of aryl methyl sites for hydroxylation is 1. The fraction of sp³-hybridized carbons (Fsp3) is 0.417. The summed E-state index contributed by atoms with van der Waals surface area (Å²) >= 11 is 0. The first kappa shape index (κ1) is 24.0. The Morgan fingerprint density at radius 3 is 2.92 bits per heavy atom. The highest BCUT2D eigenvalue weighted by Gasteiger charge is 2.29. The Morgan fingerprint density at radius 2 is 2.14 bits per heavy atom. The lowest BCUT2D eigenvalue weighted by atomic mass is 9.97. The fourth-order valence-electron chi connectivity index (χ4n) is 4.80. The van der Waals surface area contributed by atoms with Gasteiger partial charge in [0, 0.05) is 30.7 Å². The maximum atomic E-state index is 13.6. The van der Waals surface area contributed by atoms with Gasteiger partial charge in [-0.25, -0.2) is 9.67 Å². The molecule has 2 aromatic heterocycles. The summed E-state index contributed by atoms with van der Waals surface area (Å²) in [5, 5.41) is 5.21. The van der Waals surface area contributed by atoms with Gasteiger partial charge in [-0.3, -0.25) is 9.52 Å². The highest BCUT2D eigenvalue weighted by molar-refractivity contribution is 7.91. The second-order valence-electron chi connectivity index (χ2n) is 9.53. The van der Waals surface area contributed by atoms with Gasteiger partial charge in [0.2, 0.25) is 0 Å². The Kier molecular flexibility index (Phi) is 6.07. The van der Waals surface area contributed by atoms with E-state index < -0.39 is 10.2 Å². The second kappa shape index (κ2) is 9.08. The summed E-state index contributed by atoms with van der Waals surface area (Å²) in [6.07, 6.45) is 3.48. The van der Waals surface area contributed by atoms with E-state index in [4.69, 9.17) is 10.5 Å². The Labute approximate surface area is 209 Å². The molecular weight excluding hydrogens is 482 g/mol. The van der Waals surface area contributed by atoms with E-state index in [1.165, 1.54) is 0 Å². The zero-order valence-corrected chi connectivity index (χ0v) is 21.2. The number of aromatic nitrogens is 3. The molecule has 12 heteroatoms. The number of pyridine rings is 1. The summed E-state index contributed by atoms with van der Waals surface area (Å²) in [6.45, 7) is 7.52. The number of likely N-dealkylation sites (tertiary alicyclic amines) is 1. The number of hydrogen-bond donors (Lipinski definition) is 2. The number of fused-ring (bicyclic) bond motifs is 2.